The lowest BCUT2D eigenvalue weighted by Crippen LogP contribution is -2.27. The van der Waals surface area contributed by atoms with Crippen LogP contribution in [-0.4, -0.2) is 28.6 Å². The van der Waals surface area contributed by atoms with E-state index in [0.717, 1.165) is 12.1 Å². The zero-order valence-corrected chi connectivity index (χ0v) is 11.4. The summed E-state index contributed by atoms with van der Waals surface area (Å²) in [4.78, 5) is -0.539. The fourth-order valence-corrected chi connectivity index (χ4v) is 2.37. The lowest BCUT2D eigenvalue weighted by molar-refractivity contribution is 0.542. The van der Waals surface area contributed by atoms with Gasteiger partial charge in [-0.15, -0.1) is 12.4 Å². The largest absolute Gasteiger partial charge is 0.320 e. The predicted molar refractivity (Wildman–Crippen MR) is 67.3 cm³/mol. The van der Waals surface area contributed by atoms with E-state index in [-0.39, 0.29) is 19.0 Å². The van der Waals surface area contributed by atoms with Gasteiger partial charge in [0.05, 0.1) is 0 Å². The summed E-state index contributed by atoms with van der Waals surface area (Å²) >= 11 is 0. The Hall–Kier alpha value is -0.760. The maximum Gasteiger partial charge on any atom is 0.243 e. The van der Waals surface area contributed by atoms with Gasteiger partial charge in [0.15, 0.2) is 0 Å². The Bertz CT molecular complexity index is 483. The van der Waals surface area contributed by atoms with Gasteiger partial charge in [0, 0.05) is 12.6 Å². The Morgan fingerprint density at radius 3 is 2.44 bits per heavy atom. The van der Waals surface area contributed by atoms with Crippen LogP contribution in [0.3, 0.4) is 0 Å². The molecule has 8 heteroatoms. The molecule has 1 aromatic carbocycles. The van der Waals surface area contributed by atoms with E-state index in [1.165, 1.54) is 0 Å². The first-order valence-electron chi connectivity index (χ1n) is 5.06. The Morgan fingerprint density at radius 2 is 1.89 bits per heavy atom. The average molecular weight is 301 g/mol. The monoisotopic (exact) mass is 300 g/mol. The Labute approximate surface area is 111 Å². The van der Waals surface area contributed by atoms with Crippen LogP contribution in [0.25, 0.3) is 0 Å². The van der Waals surface area contributed by atoms with Gasteiger partial charge in [-0.05, 0) is 32.1 Å². The summed E-state index contributed by atoms with van der Waals surface area (Å²) in [5, 5.41) is 2.85. The molecule has 0 aliphatic carbocycles. The third-order valence-electron chi connectivity index (χ3n) is 2.08. The van der Waals surface area contributed by atoms with Crippen LogP contribution in [0.4, 0.5) is 8.78 Å². The zero-order chi connectivity index (χ0) is 12.9. The third-order valence-corrected chi connectivity index (χ3v) is 3.57. The predicted octanol–water partition coefficient (Wildman–Crippen LogP) is 1.27. The molecule has 0 unspecified atom stereocenters. The van der Waals surface area contributed by atoms with Crippen LogP contribution in [-0.2, 0) is 10.0 Å². The van der Waals surface area contributed by atoms with E-state index >= 15 is 0 Å². The number of rotatable bonds is 6. The molecule has 0 bridgehead atoms. The number of benzene rings is 1. The first-order chi connectivity index (χ1) is 7.97. The lowest BCUT2D eigenvalue weighted by Gasteiger charge is -2.07. The molecule has 1 aromatic rings. The highest BCUT2D eigenvalue weighted by atomic mass is 35.5. The SMILES string of the molecule is CNCCCNS(=O)(=O)c1ccc(F)cc1F.Cl. The molecule has 2 N–H and O–H groups in total. The van der Waals surface area contributed by atoms with Gasteiger partial charge in [-0.25, -0.2) is 21.9 Å². The van der Waals surface area contributed by atoms with Crippen molar-refractivity contribution < 1.29 is 17.2 Å². The molecule has 4 nitrogen and oxygen atoms in total. The van der Waals surface area contributed by atoms with Crippen LogP contribution < -0.4 is 10.0 Å². The lowest BCUT2D eigenvalue weighted by atomic mass is 10.3. The van der Waals surface area contributed by atoms with Gasteiger partial charge in [-0.1, -0.05) is 0 Å². The summed E-state index contributed by atoms with van der Waals surface area (Å²) in [6, 6.07) is 2.36. The standard InChI is InChI=1S/C10H14F2N2O2S.ClH/c1-13-5-2-6-14-17(15,16)10-4-3-8(11)7-9(10)12;/h3-4,7,13-14H,2,5-6H2,1H3;1H. The molecule has 104 valence electrons. The highest BCUT2D eigenvalue weighted by molar-refractivity contribution is 7.89. The fraction of sp³-hybridized carbons (Fsp3) is 0.400. The van der Waals surface area contributed by atoms with Crippen LogP contribution in [0.5, 0.6) is 0 Å². The minimum atomic E-state index is -3.91. The maximum absolute atomic E-state index is 13.2. The van der Waals surface area contributed by atoms with E-state index in [2.05, 4.69) is 10.0 Å². The zero-order valence-electron chi connectivity index (χ0n) is 9.74. The van der Waals surface area contributed by atoms with E-state index in [0.29, 0.717) is 19.0 Å². The second-order valence-corrected chi connectivity index (χ2v) is 5.17. The molecule has 0 radical (unpaired) electrons. The van der Waals surface area contributed by atoms with Crippen molar-refractivity contribution in [2.45, 2.75) is 11.3 Å². The van der Waals surface area contributed by atoms with Crippen LogP contribution in [0.15, 0.2) is 23.1 Å². The van der Waals surface area contributed by atoms with Crippen molar-refractivity contribution in [2.75, 3.05) is 20.1 Å². The van der Waals surface area contributed by atoms with E-state index in [1.54, 1.807) is 7.05 Å². The highest BCUT2D eigenvalue weighted by Crippen LogP contribution is 2.14. The normalized spacial score (nSPS) is 11.1. The van der Waals surface area contributed by atoms with Crippen LogP contribution in [0, 0.1) is 11.6 Å². The molecular weight excluding hydrogens is 286 g/mol. The van der Waals surface area contributed by atoms with E-state index in [4.69, 9.17) is 0 Å². The summed E-state index contributed by atoms with van der Waals surface area (Å²) < 4.78 is 51.4. The minimum absolute atomic E-state index is 0. The van der Waals surface area contributed by atoms with Crippen molar-refractivity contribution in [3.05, 3.63) is 29.8 Å². The highest BCUT2D eigenvalue weighted by Gasteiger charge is 2.18. The van der Waals surface area contributed by atoms with Gasteiger partial charge in [0.25, 0.3) is 0 Å². The summed E-state index contributed by atoms with van der Waals surface area (Å²) in [6.07, 6.45) is 0.582. The molecule has 0 atom stereocenters. The maximum atomic E-state index is 13.2. The van der Waals surface area contributed by atoms with Crippen LogP contribution in [0.2, 0.25) is 0 Å². The molecule has 18 heavy (non-hydrogen) atoms. The summed E-state index contributed by atoms with van der Waals surface area (Å²) in [5.74, 6) is -1.90. The number of halogens is 3. The average Bonchev–Trinajstić information content (AvgIpc) is 2.24. The van der Waals surface area contributed by atoms with Crippen molar-refractivity contribution >= 4 is 22.4 Å². The fourth-order valence-electron chi connectivity index (χ4n) is 1.24. The molecule has 0 amide bonds. The van der Waals surface area contributed by atoms with Crippen molar-refractivity contribution in [3.63, 3.8) is 0 Å². The Morgan fingerprint density at radius 1 is 1.22 bits per heavy atom. The van der Waals surface area contributed by atoms with Gasteiger partial charge in [-0.3, -0.25) is 0 Å². The first-order valence-corrected chi connectivity index (χ1v) is 6.55. The van der Waals surface area contributed by atoms with Crippen molar-refractivity contribution in [1.82, 2.24) is 10.0 Å². The smallest absolute Gasteiger partial charge is 0.243 e. The second-order valence-electron chi connectivity index (χ2n) is 3.43. The summed E-state index contributed by atoms with van der Waals surface area (Å²) in [6.45, 7) is 0.842. The van der Waals surface area contributed by atoms with Gasteiger partial charge in [0.2, 0.25) is 10.0 Å². The first kappa shape index (κ1) is 17.2. The number of hydrogen-bond acceptors (Lipinski definition) is 3. The summed E-state index contributed by atoms with van der Waals surface area (Å²) in [5.41, 5.74) is 0. The molecule has 0 fully saturated rings. The molecule has 0 aliphatic heterocycles. The van der Waals surface area contributed by atoms with Gasteiger partial charge in [-0.2, -0.15) is 0 Å². The topological polar surface area (TPSA) is 58.2 Å². The number of nitrogens with one attached hydrogen (secondary N) is 2. The van der Waals surface area contributed by atoms with Crippen molar-refractivity contribution in [1.29, 1.82) is 0 Å². The Kier molecular flexibility index (Phi) is 7.30. The van der Waals surface area contributed by atoms with E-state index in [1.807, 2.05) is 0 Å². The molecule has 1 rings (SSSR count). The van der Waals surface area contributed by atoms with E-state index in [9.17, 15) is 17.2 Å². The Balaban J connectivity index is 0.00000289. The number of hydrogen-bond donors (Lipinski definition) is 2. The molecular formula is C10H15ClF2N2O2S. The molecule has 0 aliphatic rings. The van der Waals surface area contributed by atoms with Crippen LogP contribution >= 0.6 is 12.4 Å². The molecule has 0 saturated heterocycles. The third kappa shape index (κ3) is 4.85. The molecule has 0 saturated carbocycles. The van der Waals surface area contributed by atoms with Gasteiger partial charge < -0.3 is 5.32 Å². The van der Waals surface area contributed by atoms with Gasteiger partial charge >= 0.3 is 0 Å². The number of sulfonamides is 1. The molecule has 0 spiro atoms. The quantitative estimate of drug-likeness (QED) is 0.778. The molecule has 0 heterocycles. The van der Waals surface area contributed by atoms with Crippen molar-refractivity contribution in [2.24, 2.45) is 0 Å². The minimum Gasteiger partial charge on any atom is -0.320 e. The second kappa shape index (κ2) is 7.63. The van der Waals surface area contributed by atoms with E-state index < -0.39 is 26.6 Å². The van der Waals surface area contributed by atoms with Crippen molar-refractivity contribution in [3.8, 4) is 0 Å². The van der Waals surface area contributed by atoms with Crippen LogP contribution in [0.1, 0.15) is 6.42 Å². The molecule has 0 aromatic heterocycles. The summed E-state index contributed by atoms with van der Waals surface area (Å²) in [7, 11) is -2.16. The van der Waals surface area contributed by atoms with Gasteiger partial charge in [0.1, 0.15) is 16.5 Å².